The average Bonchev–Trinajstić information content (AvgIpc) is 3.24. The third-order valence-electron chi connectivity index (χ3n) is 5.90. The van der Waals surface area contributed by atoms with Gasteiger partial charge in [-0.2, -0.15) is 0 Å². The van der Waals surface area contributed by atoms with Crippen LogP contribution >= 0.6 is 0 Å². The van der Waals surface area contributed by atoms with Crippen LogP contribution in [0.5, 0.6) is 5.75 Å². The molecule has 0 radical (unpaired) electrons. The van der Waals surface area contributed by atoms with Crippen molar-refractivity contribution in [3.63, 3.8) is 0 Å². The summed E-state index contributed by atoms with van der Waals surface area (Å²) in [5, 5.41) is 10.2. The van der Waals surface area contributed by atoms with Gasteiger partial charge in [0.05, 0.1) is 0 Å². The SMILES string of the molecule is Oc1cccc(-c2ccccc2)c1-c1ccccc1.c1ccc2c(c1)Cc1ccccc1-2. The molecular weight excluding hydrogens is 388 g/mol. The molecule has 0 unspecified atom stereocenters. The second-order valence-electron chi connectivity index (χ2n) is 7.92. The van der Waals surface area contributed by atoms with E-state index in [1.807, 2.05) is 60.7 Å². The number of benzene rings is 5. The molecule has 1 aliphatic rings. The Morgan fingerprint density at radius 2 is 0.875 bits per heavy atom. The highest BCUT2D eigenvalue weighted by molar-refractivity contribution is 5.87. The minimum atomic E-state index is 0.313. The van der Waals surface area contributed by atoms with Crippen molar-refractivity contribution in [2.75, 3.05) is 0 Å². The first-order valence-electron chi connectivity index (χ1n) is 10.9. The first kappa shape index (κ1) is 19.8. The summed E-state index contributed by atoms with van der Waals surface area (Å²) in [5.74, 6) is 0.313. The molecule has 0 bridgehead atoms. The van der Waals surface area contributed by atoms with E-state index in [4.69, 9.17) is 0 Å². The number of phenolic OH excluding ortho intramolecular Hbond substituents is 1. The summed E-state index contributed by atoms with van der Waals surface area (Å²) in [5.41, 5.74) is 9.82. The van der Waals surface area contributed by atoms with Crippen LogP contribution in [-0.2, 0) is 6.42 Å². The van der Waals surface area contributed by atoms with Crippen molar-refractivity contribution in [2.24, 2.45) is 0 Å². The highest BCUT2D eigenvalue weighted by Gasteiger charge is 2.16. The fraction of sp³-hybridized carbons (Fsp3) is 0.0323. The van der Waals surface area contributed by atoms with Crippen molar-refractivity contribution >= 4 is 0 Å². The van der Waals surface area contributed by atoms with Gasteiger partial charge in [-0.1, -0.05) is 121 Å². The lowest BCUT2D eigenvalue weighted by Crippen LogP contribution is -1.85. The Kier molecular flexibility index (Phi) is 5.55. The predicted molar refractivity (Wildman–Crippen MR) is 134 cm³/mol. The summed E-state index contributed by atoms with van der Waals surface area (Å²) in [6.45, 7) is 0. The van der Waals surface area contributed by atoms with Gasteiger partial charge in [0.1, 0.15) is 5.75 Å². The number of aromatic hydroxyl groups is 1. The van der Waals surface area contributed by atoms with Crippen molar-refractivity contribution in [3.8, 4) is 39.1 Å². The van der Waals surface area contributed by atoms with E-state index in [1.165, 1.54) is 22.3 Å². The highest BCUT2D eigenvalue weighted by atomic mass is 16.3. The molecule has 1 N–H and O–H groups in total. The van der Waals surface area contributed by atoms with Gasteiger partial charge in [0.2, 0.25) is 0 Å². The quantitative estimate of drug-likeness (QED) is 0.306. The van der Waals surface area contributed by atoms with Gasteiger partial charge in [-0.15, -0.1) is 0 Å². The standard InChI is InChI=1S/C18H14O.C13H10/c19-17-13-7-12-16(14-8-3-1-4-9-14)18(17)15-10-5-2-6-11-15;1-3-7-12-10(5-1)9-11-6-2-4-8-13(11)12/h1-13,19H;1-8H,9H2. The Bertz CT molecular complexity index is 1290. The molecule has 6 rings (SSSR count). The maximum atomic E-state index is 10.2. The Morgan fingerprint density at radius 3 is 1.47 bits per heavy atom. The Labute approximate surface area is 189 Å². The maximum Gasteiger partial charge on any atom is 0.124 e. The van der Waals surface area contributed by atoms with Gasteiger partial charge in [-0.25, -0.2) is 0 Å². The molecule has 5 aromatic carbocycles. The molecule has 0 amide bonds. The van der Waals surface area contributed by atoms with Crippen LogP contribution < -0.4 is 0 Å². The lowest BCUT2D eigenvalue weighted by atomic mass is 9.94. The number of fused-ring (bicyclic) bond motifs is 3. The van der Waals surface area contributed by atoms with Crippen molar-refractivity contribution in [3.05, 3.63) is 139 Å². The van der Waals surface area contributed by atoms with Crippen LogP contribution in [0.25, 0.3) is 33.4 Å². The molecular formula is C31H24O. The van der Waals surface area contributed by atoms with E-state index < -0.39 is 0 Å². The van der Waals surface area contributed by atoms with Crippen LogP contribution in [0.2, 0.25) is 0 Å². The zero-order valence-electron chi connectivity index (χ0n) is 17.8. The van der Waals surface area contributed by atoms with Crippen molar-refractivity contribution < 1.29 is 5.11 Å². The summed E-state index contributed by atoms with van der Waals surface area (Å²) < 4.78 is 0. The molecule has 0 fully saturated rings. The van der Waals surface area contributed by atoms with Gasteiger partial charge in [0.25, 0.3) is 0 Å². The summed E-state index contributed by atoms with van der Waals surface area (Å²) >= 11 is 0. The topological polar surface area (TPSA) is 20.2 Å². The molecule has 0 heterocycles. The van der Waals surface area contributed by atoms with Gasteiger partial charge in [0.15, 0.2) is 0 Å². The molecule has 0 saturated carbocycles. The number of phenols is 1. The summed E-state index contributed by atoms with van der Waals surface area (Å²) in [6.07, 6.45) is 1.10. The third kappa shape index (κ3) is 3.93. The second-order valence-corrected chi connectivity index (χ2v) is 7.92. The van der Waals surface area contributed by atoms with Gasteiger partial charge >= 0.3 is 0 Å². The van der Waals surface area contributed by atoms with Crippen LogP contribution in [-0.4, -0.2) is 5.11 Å². The first-order chi connectivity index (χ1) is 15.8. The molecule has 1 heteroatoms. The van der Waals surface area contributed by atoms with E-state index in [1.54, 1.807) is 6.07 Å². The van der Waals surface area contributed by atoms with Crippen LogP contribution in [0.3, 0.4) is 0 Å². The molecule has 0 saturated heterocycles. The largest absolute Gasteiger partial charge is 0.507 e. The molecule has 1 nitrogen and oxygen atoms in total. The fourth-order valence-electron chi connectivity index (χ4n) is 4.39. The second kappa shape index (κ2) is 8.95. The minimum absolute atomic E-state index is 0.313. The first-order valence-corrected chi connectivity index (χ1v) is 10.9. The number of hydrogen-bond donors (Lipinski definition) is 1. The smallest absolute Gasteiger partial charge is 0.124 e. The molecule has 1 aliphatic carbocycles. The summed E-state index contributed by atoms with van der Waals surface area (Å²) in [6, 6.07) is 43.1. The van der Waals surface area contributed by atoms with Gasteiger partial charge in [0, 0.05) is 5.56 Å². The summed E-state index contributed by atoms with van der Waals surface area (Å²) in [4.78, 5) is 0. The normalized spacial score (nSPS) is 11.1. The Morgan fingerprint density at radius 1 is 0.406 bits per heavy atom. The lowest BCUT2D eigenvalue weighted by Gasteiger charge is -2.12. The van der Waals surface area contributed by atoms with E-state index in [-0.39, 0.29) is 0 Å². The molecule has 0 spiro atoms. The zero-order valence-corrected chi connectivity index (χ0v) is 17.8. The van der Waals surface area contributed by atoms with E-state index in [0.29, 0.717) is 5.75 Å². The Hall–Kier alpha value is -4.10. The van der Waals surface area contributed by atoms with Crippen molar-refractivity contribution in [1.29, 1.82) is 0 Å². The van der Waals surface area contributed by atoms with E-state index in [0.717, 1.165) is 28.7 Å². The molecule has 5 aromatic rings. The minimum Gasteiger partial charge on any atom is -0.507 e. The molecule has 0 aliphatic heterocycles. The van der Waals surface area contributed by atoms with E-state index in [9.17, 15) is 5.11 Å². The average molecular weight is 413 g/mol. The van der Waals surface area contributed by atoms with Gasteiger partial charge < -0.3 is 5.11 Å². The predicted octanol–water partition coefficient (Wildman–Crippen LogP) is 7.98. The van der Waals surface area contributed by atoms with Crippen LogP contribution in [0, 0.1) is 0 Å². The molecule has 154 valence electrons. The number of rotatable bonds is 2. The van der Waals surface area contributed by atoms with Crippen LogP contribution in [0.15, 0.2) is 127 Å². The van der Waals surface area contributed by atoms with Gasteiger partial charge in [-0.05, 0) is 51.4 Å². The fourth-order valence-corrected chi connectivity index (χ4v) is 4.39. The van der Waals surface area contributed by atoms with Crippen molar-refractivity contribution in [2.45, 2.75) is 6.42 Å². The van der Waals surface area contributed by atoms with E-state index >= 15 is 0 Å². The van der Waals surface area contributed by atoms with Gasteiger partial charge in [-0.3, -0.25) is 0 Å². The van der Waals surface area contributed by atoms with Crippen LogP contribution in [0.4, 0.5) is 0 Å². The highest BCUT2D eigenvalue weighted by Crippen LogP contribution is 2.38. The maximum absolute atomic E-state index is 10.2. The lowest BCUT2D eigenvalue weighted by molar-refractivity contribution is 0.477. The van der Waals surface area contributed by atoms with Crippen LogP contribution in [0.1, 0.15) is 11.1 Å². The summed E-state index contributed by atoms with van der Waals surface area (Å²) in [7, 11) is 0. The van der Waals surface area contributed by atoms with E-state index in [2.05, 4.69) is 60.7 Å². The molecule has 0 aromatic heterocycles. The van der Waals surface area contributed by atoms with Crippen molar-refractivity contribution in [1.82, 2.24) is 0 Å². The monoisotopic (exact) mass is 412 g/mol. The molecule has 0 atom stereocenters. The number of hydrogen-bond acceptors (Lipinski definition) is 1. The third-order valence-corrected chi connectivity index (χ3v) is 5.90. The zero-order chi connectivity index (χ0) is 21.8. The molecule has 32 heavy (non-hydrogen) atoms. The Balaban J connectivity index is 0.000000144.